The fourth-order valence-corrected chi connectivity index (χ4v) is 2.93. The van der Waals surface area contributed by atoms with E-state index in [2.05, 4.69) is 9.80 Å². The molecule has 1 aromatic carbocycles. The van der Waals surface area contributed by atoms with Crippen molar-refractivity contribution < 1.29 is 9.84 Å². The van der Waals surface area contributed by atoms with Crippen LogP contribution in [0, 0.1) is 0 Å². The second-order valence-electron chi connectivity index (χ2n) is 5.86. The third kappa shape index (κ3) is 3.32. The second kappa shape index (κ2) is 6.12. The Hall–Kier alpha value is -1.10. The van der Waals surface area contributed by atoms with Crippen molar-refractivity contribution in [3.63, 3.8) is 0 Å². The molecule has 1 aromatic rings. The molecule has 20 heavy (non-hydrogen) atoms. The molecule has 0 aromatic heterocycles. The molecule has 110 valence electrons. The summed E-state index contributed by atoms with van der Waals surface area (Å²) in [5, 5.41) is 10.3. The van der Waals surface area contributed by atoms with E-state index < -0.39 is 6.10 Å². The number of nitrogens with zero attached hydrogens (tertiary/aromatic N) is 2. The molecule has 1 aliphatic carbocycles. The van der Waals surface area contributed by atoms with Gasteiger partial charge in [0.15, 0.2) is 0 Å². The highest BCUT2D eigenvalue weighted by Crippen LogP contribution is 2.27. The van der Waals surface area contributed by atoms with Crippen molar-refractivity contribution in [1.29, 1.82) is 0 Å². The molecule has 0 spiro atoms. The topological polar surface area (TPSA) is 35.9 Å². The van der Waals surface area contributed by atoms with Gasteiger partial charge < -0.3 is 9.84 Å². The molecule has 1 saturated carbocycles. The maximum atomic E-state index is 10.3. The molecule has 1 atom stereocenters. The first kappa shape index (κ1) is 13.9. The van der Waals surface area contributed by atoms with Crippen LogP contribution in [0.25, 0.3) is 0 Å². The fourth-order valence-electron chi connectivity index (χ4n) is 2.93. The smallest absolute Gasteiger partial charge is 0.118 e. The summed E-state index contributed by atoms with van der Waals surface area (Å²) >= 11 is 0. The van der Waals surface area contributed by atoms with Gasteiger partial charge >= 0.3 is 0 Å². The first-order valence-electron chi connectivity index (χ1n) is 7.54. The largest absolute Gasteiger partial charge is 0.497 e. The average molecular weight is 276 g/mol. The Kier molecular flexibility index (Phi) is 4.24. The number of β-amino-alcohol motifs (C(OH)–C–C–N with tert-alkyl or cyclic N) is 1. The quantitative estimate of drug-likeness (QED) is 0.884. The number of hydrogen-bond donors (Lipinski definition) is 1. The molecule has 4 nitrogen and oxygen atoms in total. The molecule has 0 bridgehead atoms. The van der Waals surface area contributed by atoms with Crippen LogP contribution >= 0.6 is 0 Å². The van der Waals surface area contributed by atoms with Gasteiger partial charge in [-0.3, -0.25) is 9.80 Å². The van der Waals surface area contributed by atoms with Crippen LogP contribution in [0.1, 0.15) is 24.5 Å². The van der Waals surface area contributed by atoms with Gasteiger partial charge in [0.05, 0.1) is 13.2 Å². The van der Waals surface area contributed by atoms with Gasteiger partial charge in [-0.1, -0.05) is 12.1 Å². The highest BCUT2D eigenvalue weighted by molar-refractivity contribution is 5.28. The Morgan fingerprint density at radius 1 is 1.15 bits per heavy atom. The molecule has 0 radical (unpaired) electrons. The van der Waals surface area contributed by atoms with E-state index in [-0.39, 0.29) is 0 Å². The summed E-state index contributed by atoms with van der Waals surface area (Å²) < 4.78 is 5.14. The van der Waals surface area contributed by atoms with Crippen molar-refractivity contribution in [2.45, 2.75) is 25.0 Å². The van der Waals surface area contributed by atoms with Crippen LogP contribution in [0.15, 0.2) is 24.3 Å². The lowest BCUT2D eigenvalue weighted by atomic mass is 10.1. The van der Waals surface area contributed by atoms with Gasteiger partial charge in [0, 0.05) is 38.8 Å². The zero-order valence-corrected chi connectivity index (χ0v) is 12.2. The molecule has 1 N–H and O–H groups in total. The van der Waals surface area contributed by atoms with E-state index in [4.69, 9.17) is 4.74 Å². The summed E-state index contributed by atoms with van der Waals surface area (Å²) in [6.45, 7) is 5.18. The zero-order chi connectivity index (χ0) is 13.9. The summed E-state index contributed by atoms with van der Waals surface area (Å²) in [5.41, 5.74) is 0.968. The molecule has 1 heterocycles. The third-order valence-corrected chi connectivity index (χ3v) is 4.40. The van der Waals surface area contributed by atoms with Crippen molar-refractivity contribution >= 4 is 0 Å². The van der Waals surface area contributed by atoms with Crippen molar-refractivity contribution in [2.75, 3.05) is 39.8 Å². The Balaban J connectivity index is 1.49. The van der Waals surface area contributed by atoms with E-state index in [1.54, 1.807) is 7.11 Å². The van der Waals surface area contributed by atoms with Crippen LogP contribution < -0.4 is 4.74 Å². The number of methoxy groups -OCH3 is 1. The number of piperazine rings is 1. The van der Waals surface area contributed by atoms with Gasteiger partial charge in [0.25, 0.3) is 0 Å². The third-order valence-electron chi connectivity index (χ3n) is 4.40. The molecule has 3 rings (SSSR count). The molecule has 2 fully saturated rings. The van der Waals surface area contributed by atoms with Gasteiger partial charge in [0.2, 0.25) is 0 Å². The molecular formula is C16H24N2O2. The van der Waals surface area contributed by atoms with Crippen LogP contribution in [0.4, 0.5) is 0 Å². The van der Waals surface area contributed by atoms with Crippen LogP contribution in [0.3, 0.4) is 0 Å². The Labute approximate surface area is 120 Å². The minimum Gasteiger partial charge on any atom is -0.497 e. The van der Waals surface area contributed by atoms with Crippen molar-refractivity contribution in [3.8, 4) is 5.75 Å². The van der Waals surface area contributed by atoms with Crippen LogP contribution in [-0.4, -0.2) is 60.8 Å². The van der Waals surface area contributed by atoms with Gasteiger partial charge in [-0.05, 0) is 30.5 Å². The predicted molar refractivity (Wildman–Crippen MR) is 79.0 cm³/mol. The summed E-state index contributed by atoms with van der Waals surface area (Å²) in [4.78, 5) is 4.96. The summed E-state index contributed by atoms with van der Waals surface area (Å²) in [7, 11) is 1.66. The van der Waals surface area contributed by atoms with Gasteiger partial charge in [-0.25, -0.2) is 0 Å². The van der Waals surface area contributed by atoms with Crippen LogP contribution in [0.5, 0.6) is 5.75 Å². The Bertz CT molecular complexity index is 423. The lowest BCUT2D eigenvalue weighted by Gasteiger charge is -2.35. The van der Waals surface area contributed by atoms with Gasteiger partial charge in [-0.2, -0.15) is 0 Å². The fraction of sp³-hybridized carbons (Fsp3) is 0.625. The first-order valence-corrected chi connectivity index (χ1v) is 7.54. The van der Waals surface area contributed by atoms with Crippen molar-refractivity contribution in [1.82, 2.24) is 9.80 Å². The van der Waals surface area contributed by atoms with E-state index in [0.717, 1.165) is 50.1 Å². The van der Waals surface area contributed by atoms with E-state index in [9.17, 15) is 5.11 Å². The average Bonchev–Trinajstić information content (AvgIpc) is 3.33. The number of hydrogen-bond acceptors (Lipinski definition) is 4. The number of rotatable bonds is 5. The molecule has 1 aliphatic heterocycles. The number of ether oxygens (including phenoxy) is 1. The highest BCUT2D eigenvalue weighted by Gasteiger charge is 2.31. The standard InChI is InChI=1S/C16H24N2O2/c1-20-15-6-2-13(3-7-15)16(19)12-17-8-10-18(11-9-17)14-4-5-14/h2-3,6-7,14,16,19H,4-5,8-12H2,1H3. The normalized spacial score (nSPS) is 22.7. The van der Waals surface area contributed by atoms with Crippen LogP contribution in [0.2, 0.25) is 0 Å². The summed E-state index contributed by atoms with van der Waals surface area (Å²) in [6, 6.07) is 8.57. The maximum absolute atomic E-state index is 10.3. The highest BCUT2D eigenvalue weighted by atomic mass is 16.5. The minimum absolute atomic E-state index is 0.409. The molecule has 0 amide bonds. The summed E-state index contributed by atoms with van der Waals surface area (Å²) in [6.07, 6.45) is 2.36. The molecule has 1 unspecified atom stereocenters. The molecular weight excluding hydrogens is 252 g/mol. The molecule has 2 aliphatic rings. The SMILES string of the molecule is COc1ccc(C(O)CN2CCN(C3CC3)CC2)cc1. The molecule has 4 heteroatoms. The maximum Gasteiger partial charge on any atom is 0.118 e. The van der Waals surface area contributed by atoms with E-state index in [1.807, 2.05) is 24.3 Å². The van der Waals surface area contributed by atoms with Gasteiger partial charge in [-0.15, -0.1) is 0 Å². The second-order valence-corrected chi connectivity index (χ2v) is 5.86. The van der Waals surface area contributed by atoms with E-state index in [0.29, 0.717) is 0 Å². The Morgan fingerprint density at radius 3 is 2.35 bits per heavy atom. The number of aliphatic hydroxyl groups is 1. The minimum atomic E-state index is -0.409. The predicted octanol–water partition coefficient (Wildman–Crippen LogP) is 1.51. The van der Waals surface area contributed by atoms with Gasteiger partial charge in [0.1, 0.15) is 5.75 Å². The monoisotopic (exact) mass is 276 g/mol. The Morgan fingerprint density at radius 2 is 1.80 bits per heavy atom. The number of aliphatic hydroxyl groups excluding tert-OH is 1. The van der Waals surface area contributed by atoms with Crippen molar-refractivity contribution in [3.05, 3.63) is 29.8 Å². The molecule has 1 saturated heterocycles. The lowest BCUT2D eigenvalue weighted by Crippen LogP contribution is -2.48. The van der Waals surface area contributed by atoms with Crippen LogP contribution in [-0.2, 0) is 0 Å². The zero-order valence-electron chi connectivity index (χ0n) is 12.2. The lowest BCUT2D eigenvalue weighted by molar-refractivity contribution is 0.0699. The van der Waals surface area contributed by atoms with E-state index >= 15 is 0 Å². The first-order chi connectivity index (χ1) is 9.76. The van der Waals surface area contributed by atoms with E-state index in [1.165, 1.54) is 12.8 Å². The number of benzene rings is 1. The van der Waals surface area contributed by atoms with Crippen molar-refractivity contribution in [2.24, 2.45) is 0 Å². The summed E-state index contributed by atoms with van der Waals surface area (Å²) in [5.74, 6) is 0.832.